The highest BCUT2D eigenvalue weighted by molar-refractivity contribution is 5.45. The zero-order chi connectivity index (χ0) is 13.5. The van der Waals surface area contributed by atoms with Gasteiger partial charge in [0.25, 0.3) is 0 Å². The van der Waals surface area contributed by atoms with E-state index in [1.54, 1.807) is 0 Å². The molecule has 0 radical (unpaired) electrons. The number of hydrogen-bond donors (Lipinski definition) is 1. The van der Waals surface area contributed by atoms with E-state index in [4.69, 9.17) is 4.74 Å². The molecule has 100 valence electrons. The van der Waals surface area contributed by atoms with Crippen LogP contribution in [0.25, 0.3) is 0 Å². The third-order valence-electron chi connectivity index (χ3n) is 4.21. The third kappa shape index (κ3) is 2.26. The number of aliphatic hydroxyl groups is 1. The summed E-state index contributed by atoms with van der Waals surface area (Å²) in [5, 5.41) is 10.4. The molecule has 1 N–H and O–H groups in total. The van der Waals surface area contributed by atoms with Gasteiger partial charge in [-0.15, -0.1) is 0 Å². The summed E-state index contributed by atoms with van der Waals surface area (Å²) in [6.07, 6.45) is -0.397. The minimum absolute atomic E-state index is 0.0478. The van der Waals surface area contributed by atoms with Gasteiger partial charge in [0.15, 0.2) is 0 Å². The predicted octanol–water partition coefficient (Wildman–Crippen LogP) is 3.68. The summed E-state index contributed by atoms with van der Waals surface area (Å²) >= 11 is 0. The number of hydrogen-bond acceptors (Lipinski definition) is 2. The molecule has 2 nitrogen and oxygen atoms in total. The van der Waals surface area contributed by atoms with Crippen molar-refractivity contribution in [3.63, 3.8) is 0 Å². The molecule has 0 fully saturated rings. The predicted molar refractivity (Wildman–Crippen MR) is 73.9 cm³/mol. The number of aliphatic hydroxyl groups excluding tert-OH is 1. The Hall–Kier alpha value is -1.02. The monoisotopic (exact) mass is 248 g/mol. The first-order valence-electron chi connectivity index (χ1n) is 6.78. The highest BCUT2D eigenvalue weighted by Crippen LogP contribution is 2.40. The Labute approximate surface area is 110 Å². The lowest BCUT2D eigenvalue weighted by molar-refractivity contribution is 0.0920. The second kappa shape index (κ2) is 4.58. The zero-order valence-electron chi connectivity index (χ0n) is 12.0. The molecule has 1 aromatic rings. The van der Waals surface area contributed by atoms with Gasteiger partial charge in [0.05, 0.1) is 12.7 Å². The molecule has 0 saturated carbocycles. The second-order valence-electron chi connectivity index (χ2n) is 6.48. The molecule has 0 spiro atoms. The molecular weight excluding hydrogens is 224 g/mol. The van der Waals surface area contributed by atoms with Crippen molar-refractivity contribution < 1.29 is 9.84 Å². The van der Waals surface area contributed by atoms with E-state index in [9.17, 15) is 5.11 Å². The molecule has 1 aliphatic heterocycles. The van der Waals surface area contributed by atoms with Crippen LogP contribution >= 0.6 is 0 Å². The smallest absolute Gasteiger partial charge is 0.123 e. The van der Waals surface area contributed by atoms with Crippen LogP contribution in [0.2, 0.25) is 0 Å². The minimum atomic E-state index is -0.397. The molecule has 0 bridgehead atoms. The van der Waals surface area contributed by atoms with Gasteiger partial charge in [0, 0.05) is 11.0 Å². The maximum absolute atomic E-state index is 10.4. The van der Waals surface area contributed by atoms with Gasteiger partial charge in [-0.25, -0.2) is 0 Å². The van der Waals surface area contributed by atoms with Crippen molar-refractivity contribution in [1.29, 1.82) is 0 Å². The molecule has 1 aliphatic rings. The second-order valence-corrected chi connectivity index (χ2v) is 6.48. The Morgan fingerprint density at radius 2 is 1.89 bits per heavy atom. The molecule has 1 heterocycles. The molecule has 2 heteroatoms. The van der Waals surface area contributed by atoms with E-state index in [1.165, 1.54) is 5.56 Å². The normalized spacial score (nSPS) is 20.4. The molecule has 2 atom stereocenters. The fraction of sp³-hybridized carbons (Fsp3) is 0.625. The van der Waals surface area contributed by atoms with Crippen LogP contribution < -0.4 is 4.74 Å². The molecule has 0 aliphatic carbocycles. The first-order chi connectivity index (χ1) is 8.33. The van der Waals surface area contributed by atoms with Crippen molar-refractivity contribution in [1.82, 2.24) is 0 Å². The molecule has 1 aromatic carbocycles. The maximum Gasteiger partial charge on any atom is 0.123 e. The number of benzene rings is 1. The van der Waals surface area contributed by atoms with Crippen LogP contribution in [0.5, 0.6) is 5.75 Å². The lowest BCUT2D eigenvalue weighted by atomic mass is 9.83. The fourth-order valence-corrected chi connectivity index (χ4v) is 2.39. The average molecular weight is 248 g/mol. The van der Waals surface area contributed by atoms with E-state index in [1.807, 2.05) is 12.1 Å². The Morgan fingerprint density at radius 1 is 1.22 bits per heavy atom. The van der Waals surface area contributed by atoms with E-state index in [-0.39, 0.29) is 11.3 Å². The summed E-state index contributed by atoms with van der Waals surface area (Å²) in [6, 6.07) is 6.10. The van der Waals surface area contributed by atoms with Gasteiger partial charge in [0.2, 0.25) is 0 Å². The summed E-state index contributed by atoms with van der Waals surface area (Å²) in [4.78, 5) is 0. The van der Waals surface area contributed by atoms with E-state index in [0.717, 1.165) is 17.9 Å². The average Bonchev–Trinajstić information content (AvgIpc) is 2.63. The van der Waals surface area contributed by atoms with Crippen molar-refractivity contribution in [2.24, 2.45) is 11.8 Å². The van der Waals surface area contributed by atoms with Gasteiger partial charge in [-0.05, 0) is 29.5 Å². The van der Waals surface area contributed by atoms with Gasteiger partial charge in [0.1, 0.15) is 5.75 Å². The summed E-state index contributed by atoms with van der Waals surface area (Å²) in [5.41, 5.74) is 2.27. The topological polar surface area (TPSA) is 29.5 Å². The van der Waals surface area contributed by atoms with E-state index >= 15 is 0 Å². The lowest BCUT2D eigenvalue weighted by Gasteiger charge is -2.24. The summed E-state index contributed by atoms with van der Waals surface area (Å²) in [6.45, 7) is 11.5. The molecular formula is C16H24O2. The number of fused-ring (bicyclic) bond motifs is 1. The molecule has 0 amide bonds. The van der Waals surface area contributed by atoms with Crippen LogP contribution in [0.15, 0.2) is 18.2 Å². The molecule has 0 aromatic heterocycles. The summed E-state index contributed by atoms with van der Waals surface area (Å²) in [7, 11) is 0. The van der Waals surface area contributed by atoms with Gasteiger partial charge >= 0.3 is 0 Å². The van der Waals surface area contributed by atoms with Crippen molar-refractivity contribution in [3.05, 3.63) is 29.3 Å². The Bertz CT molecular complexity index is 435. The van der Waals surface area contributed by atoms with Gasteiger partial charge in [-0.1, -0.05) is 40.7 Å². The Balaban J connectivity index is 2.32. The number of rotatable bonds is 3. The van der Waals surface area contributed by atoms with Crippen molar-refractivity contribution in [2.45, 2.75) is 46.1 Å². The van der Waals surface area contributed by atoms with E-state index in [0.29, 0.717) is 5.92 Å². The maximum atomic E-state index is 10.4. The summed E-state index contributed by atoms with van der Waals surface area (Å²) in [5.74, 6) is 1.69. The number of ether oxygens (including phenoxy) is 1. The standard InChI is InChI=1S/C16H24O2/c1-10(2)11(3)15(17)12-6-7-14-13(8-12)16(4,5)9-18-14/h6-8,10-11,15,17H,9H2,1-5H3. The van der Waals surface area contributed by atoms with Crippen LogP contribution in [-0.2, 0) is 5.41 Å². The van der Waals surface area contributed by atoms with Crippen molar-refractivity contribution in [3.8, 4) is 5.75 Å². The van der Waals surface area contributed by atoms with Crippen molar-refractivity contribution >= 4 is 0 Å². The highest BCUT2D eigenvalue weighted by Gasteiger charge is 2.32. The van der Waals surface area contributed by atoms with Crippen LogP contribution in [0.1, 0.15) is 51.8 Å². The first kappa shape index (κ1) is 13.4. The third-order valence-corrected chi connectivity index (χ3v) is 4.21. The Kier molecular flexibility index (Phi) is 3.41. The van der Waals surface area contributed by atoms with Crippen LogP contribution in [0.3, 0.4) is 0 Å². The fourth-order valence-electron chi connectivity index (χ4n) is 2.39. The van der Waals surface area contributed by atoms with E-state index < -0.39 is 6.10 Å². The molecule has 2 unspecified atom stereocenters. The Morgan fingerprint density at radius 3 is 2.50 bits per heavy atom. The highest BCUT2D eigenvalue weighted by atomic mass is 16.5. The first-order valence-corrected chi connectivity index (χ1v) is 6.78. The minimum Gasteiger partial charge on any atom is -0.492 e. The van der Waals surface area contributed by atoms with Gasteiger partial charge in [-0.2, -0.15) is 0 Å². The van der Waals surface area contributed by atoms with Crippen LogP contribution in [-0.4, -0.2) is 11.7 Å². The zero-order valence-corrected chi connectivity index (χ0v) is 12.0. The van der Waals surface area contributed by atoms with E-state index in [2.05, 4.69) is 40.7 Å². The lowest BCUT2D eigenvalue weighted by Crippen LogP contribution is -2.19. The molecule has 0 saturated heterocycles. The molecule has 2 rings (SSSR count). The largest absolute Gasteiger partial charge is 0.492 e. The van der Waals surface area contributed by atoms with Crippen LogP contribution in [0, 0.1) is 11.8 Å². The molecule has 18 heavy (non-hydrogen) atoms. The quantitative estimate of drug-likeness (QED) is 0.884. The van der Waals surface area contributed by atoms with Crippen LogP contribution in [0.4, 0.5) is 0 Å². The van der Waals surface area contributed by atoms with Gasteiger partial charge < -0.3 is 9.84 Å². The summed E-state index contributed by atoms with van der Waals surface area (Å²) < 4.78 is 5.67. The SMILES string of the molecule is CC(C)C(C)C(O)c1ccc2c(c1)C(C)(C)CO2. The van der Waals surface area contributed by atoms with Crippen molar-refractivity contribution in [2.75, 3.05) is 6.61 Å². The van der Waals surface area contributed by atoms with Gasteiger partial charge in [-0.3, -0.25) is 0 Å².